The van der Waals surface area contributed by atoms with E-state index in [0.29, 0.717) is 13.0 Å². The Balaban J connectivity index is 3.08. The number of carbonyl (C=O) groups excluding carboxylic acids is 1. The number of hydrogen-bond donors (Lipinski definition) is 0. The Labute approximate surface area is 117 Å². The molecule has 0 fully saturated rings. The van der Waals surface area contributed by atoms with Gasteiger partial charge in [-0.05, 0) is 12.7 Å². The van der Waals surface area contributed by atoms with Crippen LogP contribution in [-0.4, -0.2) is 24.6 Å². The second-order valence-corrected chi connectivity index (χ2v) is 5.78. The maximum atomic E-state index is 11.3. The van der Waals surface area contributed by atoms with Gasteiger partial charge in [0, 0.05) is 12.2 Å². The molecule has 108 valence electrons. The van der Waals surface area contributed by atoms with Crippen molar-refractivity contribution in [2.75, 3.05) is 18.6 Å². The number of esters is 1. The zero-order valence-corrected chi connectivity index (χ0v) is 13.0. The predicted octanol–water partition coefficient (Wildman–Crippen LogP) is 4.81. The molecule has 0 aliphatic carbocycles. The predicted molar refractivity (Wildman–Crippen MR) is 81.2 cm³/mol. The topological polar surface area (TPSA) is 26.3 Å². The Morgan fingerprint density at radius 3 is 2.06 bits per heavy atom. The van der Waals surface area contributed by atoms with Gasteiger partial charge in [0.15, 0.2) is 0 Å². The average Bonchev–Trinajstić information content (AvgIpc) is 2.37. The number of thioether (sulfide) groups is 1. The first-order valence-corrected chi connectivity index (χ1v) is 8.85. The molecule has 0 atom stereocenters. The Bertz CT molecular complexity index is 183. The first-order chi connectivity index (χ1) is 8.81. The van der Waals surface area contributed by atoms with Crippen LogP contribution in [0.5, 0.6) is 0 Å². The zero-order valence-electron chi connectivity index (χ0n) is 12.2. The Morgan fingerprint density at radius 2 is 1.50 bits per heavy atom. The minimum absolute atomic E-state index is 0.0213. The van der Waals surface area contributed by atoms with Gasteiger partial charge in [-0.1, -0.05) is 58.3 Å². The minimum Gasteiger partial charge on any atom is -0.465 e. The molecule has 0 aliphatic heterocycles. The molecular weight excluding hydrogens is 244 g/mol. The monoisotopic (exact) mass is 274 g/mol. The van der Waals surface area contributed by atoms with Gasteiger partial charge in [0.1, 0.15) is 6.61 Å². The molecule has 0 amide bonds. The van der Waals surface area contributed by atoms with Crippen molar-refractivity contribution in [3.05, 3.63) is 0 Å². The third-order valence-corrected chi connectivity index (χ3v) is 3.61. The fourth-order valence-electron chi connectivity index (χ4n) is 1.89. The largest absolute Gasteiger partial charge is 0.465 e. The third-order valence-electron chi connectivity index (χ3n) is 3.03. The molecular formula is C15H30O2S. The number of unbranched alkanes of at least 4 members (excludes halogenated alkanes) is 8. The van der Waals surface area contributed by atoms with E-state index >= 15 is 0 Å². The van der Waals surface area contributed by atoms with E-state index in [4.69, 9.17) is 4.74 Å². The maximum Gasteiger partial charge on any atom is 0.305 e. The SMILES string of the molecule is CCCCCCCCCCCC(=O)OCCSC. The highest BCUT2D eigenvalue weighted by Gasteiger charge is 2.01. The number of hydrogen-bond acceptors (Lipinski definition) is 3. The van der Waals surface area contributed by atoms with Crippen molar-refractivity contribution in [1.29, 1.82) is 0 Å². The van der Waals surface area contributed by atoms with Crippen LogP contribution in [0.2, 0.25) is 0 Å². The summed E-state index contributed by atoms with van der Waals surface area (Å²) in [6.07, 6.45) is 14.2. The van der Waals surface area contributed by atoms with E-state index in [-0.39, 0.29) is 5.97 Å². The molecule has 0 saturated heterocycles. The first-order valence-electron chi connectivity index (χ1n) is 7.45. The van der Waals surface area contributed by atoms with Gasteiger partial charge in [-0.15, -0.1) is 0 Å². The van der Waals surface area contributed by atoms with Gasteiger partial charge in [-0.2, -0.15) is 11.8 Å². The summed E-state index contributed by atoms with van der Waals surface area (Å²) in [7, 11) is 0. The van der Waals surface area contributed by atoms with Crippen LogP contribution in [0.25, 0.3) is 0 Å². The summed E-state index contributed by atoms with van der Waals surface area (Å²) in [6, 6.07) is 0. The lowest BCUT2D eigenvalue weighted by atomic mass is 10.1. The summed E-state index contributed by atoms with van der Waals surface area (Å²) in [6.45, 7) is 2.82. The molecule has 0 bridgehead atoms. The van der Waals surface area contributed by atoms with Crippen molar-refractivity contribution in [3.8, 4) is 0 Å². The second-order valence-electron chi connectivity index (χ2n) is 4.79. The van der Waals surface area contributed by atoms with Crippen molar-refractivity contribution in [2.45, 2.75) is 71.1 Å². The fourth-order valence-corrected chi connectivity index (χ4v) is 2.14. The van der Waals surface area contributed by atoms with E-state index in [2.05, 4.69) is 6.92 Å². The molecule has 3 heteroatoms. The minimum atomic E-state index is -0.0213. The van der Waals surface area contributed by atoms with Crippen LogP contribution in [0.1, 0.15) is 71.1 Å². The first kappa shape index (κ1) is 17.8. The van der Waals surface area contributed by atoms with Crippen LogP contribution in [-0.2, 0) is 9.53 Å². The molecule has 0 N–H and O–H groups in total. The molecule has 0 saturated carbocycles. The van der Waals surface area contributed by atoms with Crippen LogP contribution >= 0.6 is 11.8 Å². The van der Waals surface area contributed by atoms with Gasteiger partial charge < -0.3 is 4.74 Å². The summed E-state index contributed by atoms with van der Waals surface area (Å²) < 4.78 is 5.09. The van der Waals surface area contributed by atoms with E-state index in [9.17, 15) is 4.79 Å². The standard InChI is InChI=1S/C15H30O2S/c1-3-4-5-6-7-8-9-10-11-12-15(16)17-13-14-18-2/h3-14H2,1-2H3. The highest BCUT2D eigenvalue weighted by Crippen LogP contribution is 2.10. The van der Waals surface area contributed by atoms with E-state index in [1.165, 1.54) is 51.4 Å². The summed E-state index contributed by atoms with van der Waals surface area (Å²) in [5.41, 5.74) is 0. The van der Waals surface area contributed by atoms with Crippen molar-refractivity contribution >= 4 is 17.7 Å². The molecule has 0 aliphatic rings. The van der Waals surface area contributed by atoms with Crippen LogP contribution < -0.4 is 0 Å². The molecule has 0 unspecified atom stereocenters. The van der Waals surface area contributed by atoms with Crippen molar-refractivity contribution < 1.29 is 9.53 Å². The van der Waals surface area contributed by atoms with E-state index in [0.717, 1.165) is 12.2 Å². The normalized spacial score (nSPS) is 10.6. The molecule has 2 nitrogen and oxygen atoms in total. The number of rotatable bonds is 13. The molecule has 0 aromatic carbocycles. The van der Waals surface area contributed by atoms with Gasteiger partial charge in [0.25, 0.3) is 0 Å². The molecule has 18 heavy (non-hydrogen) atoms. The van der Waals surface area contributed by atoms with Crippen LogP contribution in [0.4, 0.5) is 0 Å². The van der Waals surface area contributed by atoms with E-state index < -0.39 is 0 Å². The third kappa shape index (κ3) is 13.9. The zero-order chi connectivity index (χ0) is 13.5. The van der Waals surface area contributed by atoms with Gasteiger partial charge in [-0.3, -0.25) is 4.79 Å². The van der Waals surface area contributed by atoms with Crippen LogP contribution in [0.15, 0.2) is 0 Å². The quantitative estimate of drug-likeness (QED) is 0.356. The second kappa shape index (κ2) is 14.9. The lowest BCUT2D eigenvalue weighted by molar-refractivity contribution is -0.143. The molecule has 0 rings (SSSR count). The highest BCUT2D eigenvalue weighted by molar-refractivity contribution is 7.98. The summed E-state index contributed by atoms with van der Waals surface area (Å²) in [4.78, 5) is 11.3. The number of carbonyl (C=O) groups is 1. The molecule has 0 aromatic rings. The smallest absolute Gasteiger partial charge is 0.305 e. The molecule has 0 radical (unpaired) electrons. The molecule has 0 heterocycles. The Hall–Kier alpha value is -0.180. The lowest BCUT2D eigenvalue weighted by Crippen LogP contribution is -2.06. The Kier molecular flexibility index (Phi) is 14.7. The van der Waals surface area contributed by atoms with Gasteiger partial charge in [0.2, 0.25) is 0 Å². The van der Waals surface area contributed by atoms with Crippen molar-refractivity contribution in [1.82, 2.24) is 0 Å². The van der Waals surface area contributed by atoms with Crippen LogP contribution in [0, 0.1) is 0 Å². The van der Waals surface area contributed by atoms with Gasteiger partial charge in [-0.25, -0.2) is 0 Å². The summed E-state index contributed by atoms with van der Waals surface area (Å²) in [5.74, 6) is 0.885. The number of ether oxygens (including phenoxy) is 1. The maximum absolute atomic E-state index is 11.3. The van der Waals surface area contributed by atoms with E-state index in [1.807, 2.05) is 6.26 Å². The summed E-state index contributed by atoms with van der Waals surface area (Å²) in [5, 5.41) is 0. The van der Waals surface area contributed by atoms with E-state index in [1.54, 1.807) is 11.8 Å². The van der Waals surface area contributed by atoms with Crippen molar-refractivity contribution in [3.63, 3.8) is 0 Å². The lowest BCUT2D eigenvalue weighted by Gasteiger charge is -2.04. The summed E-state index contributed by atoms with van der Waals surface area (Å²) >= 11 is 1.71. The molecule has 0 aromatic heterocycles. The van der Waals surface area contributed by atoms with Crippen molar-refractivity contribution in [2.24, 2.45) is 0 Å². The Morgan fingerprint density at radius 1 is 0.944 bits per heavy atom. The highest BCUT2D eigenvalue weighted by atomic mass is 32.2. The fraction of sp³-hybridized carbons (Fsp3) is 0.933. The van der Waals surface area contributed by atoms with Gasteiger partial charge in [0.05, 0.1) is 0 Å². The van der Waals surface area contributed by atoms with Gasteiger partial charge >= 0.3 is 5.97 Å². The average molecular weight is 274 g/mol. The molecule has 0 spiro atoms. The van der Waals surface area contributed by atoms with Crippen LogP contribution in [0.3, 0.4) is 0 Å².